The SMILES string of the molecule is C=CCOC12Oc3ccc(Oc4ccc(C)c(C)c4)cc3C3C(CCCCO)C(CCCCO)C=C(C(=NOCc4ccccc4)CC1N(CCC)C(=O)OC)C32. The highest BCUT2D eigenvalue weighted by atomic mass is 16.7. The predicted molar refractivity (Wildman–Crippen MR) is 222 cm³/mol. The molecule has 0 radical (unpaired) electrons. The number of aliphatic hydroxyl groups excluding tert-OH is 2. The fraction of sp³-hybridized carbons (Fsp3) is 0.489. The second-order valence-corrected chi connectivity index (χ2v) is 15.5. The quantitative estimate of drug-likeness (QED) is 0.0702. The number of aryl methyl sites for hydroxylation is 2. The fourth-order valence-corrected chi connectivity index (χ4v) is 9.12. The molecule has 2 aliphatic carbocycles. The van der Waals surface area contributed by atoms with Gasteiger partial charge in [0.15, 0.2) is 0 Å². The number of amides is 1. The molecule has 2 N–H and O–H groups in total. The van der Waals surface area contributed by atoms with Gasteiger partial charge in [0.2, 0.25) is 5.79 Å². The number of fused-ring (bicyclic) bond motifs is 2. The van der Waals surface area contributed by atoms with Crippen LogP contribution >= 0.6 is 0 Å². The molecule has 1 heterocycles. The highest BCUT2D eigenvalue weighted by molar-refractivity contribution is 6.03. The number of benzene rings is 3. The van der Waals surface area contributed by atoms with Crippen LogP contribution < -0.4 is 9.47 Å². The maximum absolute atomic E-state index is 13.8. The summed E-state index contributed by atoms with van der Waals surface area (Å²) in [5, 5.41) is 24.7. The summed E-state index contributed by atoms with van der Waals surface area (Å²) in [7, 11) is 1.40. The lowest BCUT2D eigenvalue weighted by Gasteiger charge is -2.59. The maximum Gasteiger partial charge on any atom is 0.409 e. The van der Waals surface area contributed by atoms with Gasteiger partial charge >= 0.3 is 6.09 Å². The Morgan fingerprint density at radius 3 is 2.42 bits per heavy atom. The summed E-state index contributed by atoms with van der Waals surface area (Å²) in [5.74, 6) is 0.389. The number of hydrogen-bond donors (Lipinski definition) is 2. The zero-order valence-electron chi connectivity index (χ0n) is 34.0. The van der Waals surface area contributed by atoms with Gasteiger partial charge in [-0.05, 0) is 110 Å². The van der Waals surface area contributed by atoms with Crippen LogP contribution in [0.1, 0.15) is 86.5 Å². The standard InChI is InChI=1S/C47H60N2O8/c1-6-23-49(46(52)53-5)43-30-41(48-55-31-34-15-9-8-10-16-34)39-28-35(17-11-13-24-50)38(18-12-14-25-51)44-40-29-37(56-36-20-19-32(3)33(4)27-36)21-22-42(40)57-47(43,45(39)44)54-26-7-2/h7-10,15-16,19-22,27-29,35,38,43-45,50-51H,2,6,11-14,17-18,23-26,30-31H2,1,3-5H3. The van der Waals surface area contributed by atoms with Gasteiger partial charge in [-0.1, -0.05) is 73.5 Å². The molecule has 0 saturated heterocycles. The van der Waals surface area contributed by atoms with Crippen molar-refractivity contribution in [2.24, 2.45) is 22.9 Å². The minimum Gasteiger partial charge on any atom is -0.459 e. The molecule has 0 spiro atoms. The van der Waals surface area contributed by atoms with Crippen molar-refractivity contribution in [1.82, 2.24) is 4.90 Å². The van der Waals surface area contributed by atoms with E-state index in [0.717, 1.165) is 59.4 Å². The van der Waals surface area contributed by atoms with Crippen molar-refractivity contribution in [2.45, 2.75) is 96.5 Å². The molecular formula is C47H60N2O8. The van der Waals surface area contributed by atoms with Crippen molar-refractivity contribution in [1.29, 1.82) is 0 Å². The Kier molecular flexibility index (Phi) is 14.5. The van der Waals surface area contributed by atoms with Crippen molar-refractivity contribution in [3.8, 4) is 17.2 Å². The summed E-state index contributed by atoms with van der Waals surface area (Å²) in [4.78, 5) is 21.7. The molecule has 306 valence electrons. The number of nitrogens with zero attached hydrogens (tertiary/aromatic N) is 2. The zero-order chi connectivity index (χ0) is 40.4. The van der Waals surface area contributed by atoms with E-state index in [1.807, 2.05) is 55.5 Å². The third-order valence-electron chi connectivity index (χ3n) is 11.9. The molecule has 3 aliphatic rings. The number of oxime groups is 1. The Labute approximate surface area is 338 Å². The molecule has 1 saturated carbocycles. The van der Waals surface area contributed by atoms with E-state index in [0.29, 0.717) is 43.7 Å². The second kappa shape index (κ2) is 19.7. The van der Waals surface area contributed by atoms with Crippen LogP contribution in [-0.2, 0) is 20.9 Å². The van der Waals surface area contributed by atoms with E-state index in [2.05, 4.69) is 44.7 Å². The van der Waals surface area contributed by atoms with Crippen molar-refractivity contribution in [3.05, 3.63) is 113 Å². The van der Waals surface area contributed by atoms with Gasteiger partial charge in [-0.2, -0.15) is 0 Å². The van der Waals surface area contributed by atoms with Crippen LogP contribution in [0.5, 0.6) is 17.2 Å². The van der Waals surface area contributed by atoms with Gasteiger partial charge in [0.25, 0.3) is 0 Å². The summed E-state index contributed by atoms with van der Waals surface area (Å²) in [6.07, 6.45) is 9.34. The summed E-state index contributed by atoms with van der Waals surface area (Å²) < 4.78 is 26.3. The average molecular weight is 781 g/mol. The van der Waals surface area contributed by atoms with E-state index in [1.165, 1.54) is 12.7 Å². The van der Waals surface area contributed by atoms with E-state index < -0.39 is 23.8 Å². The third kappa shape index (κ3) is 9.24. The molecule has 6 atom stereocenters. The van der Waals surface area contributed by atoms with Crippen LogP contribution in [-0.4, -0.2) is 72.2 Å². The highest BCUT2D eigenvalue weighted by Crippen LogP contribution is 2.62. The van der Waals surface area contributed by atoms with E-state index >= 15 is 0 Å². The molecule has 10 heteroatoms. The molecule has 3 aromatic rings. The Morgan fingerprint density at radius 1 is 0.982 bits per heavy atom. The first-order valence-electron chi connectivity index (χ1n) is 20.6. The number of unbranched alkanes of at least 4 members (excludes halogenated alkanes) is 2. The summed E-state index contributed by atoms with van der Waals surface area (Å²) in [6.45, 7) is 11.3. The molecule has 1 aliphatic heterocycles. The lowest BCUT2D eigenvalue weighted by Crippen LogP contribution is -2.70. The van der Waals surface area contributed by atoms with E-state index in [1.54, 1.807) is 11.0 Å². The first kappa shape index (κ1) is 42.0. The molecular weight excluding hydrogens is 721 g/mol. The van der Waals surface area contributed by atoms with Crippen LogP contribution in [0.3, 0.4) is 0 Å². The number of carbonyl (C=O) groups is 1. The number of allylic oxidation sites excluding steroid dienone is 1. The topological polar surface area (TPSA) is 119 Å². The number of methoxy groups -OCH3 is 1. The normalized spacial score (nSPS) is 24.1. The van der Waals surface area contributed by atoms with Crippen molar-refractivity contribution >= 4 is 11.8 Å². The minimum atomic E-state index is -1.35. The van der Waals surface area contributed by atoms with Gasteiger partial charge in [-0.25, -0.2) is 4.79 Å². The molecule has 6 rings (SSSR count). The van der Waals surface area contributed by atoms with Crippen LogP contribution in [0.25, 0.3) is 0 Å². The Bertz CT molecular complexity index is 1880. The van der Waals surface area contributed by atoms with Gasteiger partial charge in [0, 0.05) is 37.7 Å². The molecule has 0 aromatic heterocycles. The first-order chi connectivity index (χ1) is 27.8. The highest BCUT2D eigenvalue weighted by Gasteiger charge is 2.65. The van der Waals surface area contributed by atoms with Crippen LogP contribution in [0.4, 0.5) is 4.79 Å². The lowest BCUT2D eigenvalue weighted by atomic mass is 9.55. The Morgan fingerprint density at radius 2 is 1.72 bits per heavy atom. The van der Waals surface area contributed by atoms with Gasteiger partial charge in [-0.15, -0.1) is 6.58 Å². The van der Waals surface area contributed by atoms with Crippen molar-refractivity contribution in [2.75, 3.05) is 33.5 Å². The number of carbonyl (C=O) groups excluding carboxylic acids is 1. The lowest BCUT2D eigenvalue weighted by molar-refractivity contribution is -0.255. The van der Waals surface area contributed by atoms with Gasteiger partial charge in [0.05, 0.1) is 25.3 Å². The summed E-state index contributed by atoms with van der Waals surface area (Å²) in [5.41, 5.74) is 6.05. The predicted octanol–water partition coefficient (Wildman–Crippen LogP) is 9.41. The molecule has 10 nitrogen and oxygen atoms in total. The first-order valence-corrected chi connectivity index (χ1v) is 20.6. The van der Waals surface area contributed by atoms with Crippen LogP contribution in [0, 0.1) is 31.6 Å². The van der Waals surface area contributed by atoms with E-state index in [9.17, 15) is 15.0 Å². The summed E-state index contributed by atoms with van der Waals surface area (Å²) in [6, 6.07) is 21.4. The van der Waals surface area contributed by atoms with Gasteiger partial charge < -0.3 is 34.0 Å². The molecule has 6 unspecified atom stereocenters. The average Bonchev–Trinajstić information content (AvgIpc) is 3.22. The molecule has 0 bridgehead atoms. The second-order valence-electron chi connectivity index (χ2n) is 15.5. The smallest absolute Gasteiger partial charge is 0.409 e. The van der Waals surface area contributed by atoms with Crippen LogP contribution in [0.15, 0.2) is 96.2 Å². The van der Waals surface area contributed by atoms with Crippen molar-refractivity contribution < 1.29 is 38.8 Å². The van der Waals surface area contributed by atoms with Crippen molar-refractivity contribution in [3.63, 3.8) is 0 Å². The number of rotatable bonds is 19. The Hall–Kier alpha value is -4.64. The van der Waals surface area contributed by atoms with Gasteiger partial charge in [0.1, 0.15) is 29.9 Å². The van der Waals surface area contributed by atoms with Gasteiger partial charge in [-0.3, -0.25) is 4.90 Å². The number of ether oxygens (including phenoxy) is 4. The number of hydrogen-bond acceptors (Lipinski definition) is 9. The van der Waals surface area contributed by atoms with E-state index in [-0.39, 0.29) is 44.2 Å². The molecule has 3 aromatic carbocycles. The Balaban J connectivity index is 1.57. The fourth-order valence-electron chi connectivity index (χ4n) is 9.12. The largest absolute Gasteiger partial charge is 0.459 e. The molecule has 57 heavy (non-hydrogen) atoms. The monoisotopic (exact) mass is 780 g/mol. The van der Waals surface area contributed by atoms with Crippen LogP contribution in [0.2, 0.25) is 0 Å². The third-order valence-corrected chi connectivity index (χ3v) is 11.9. The maximum atomic E-state index is 13.8. The van der Waals surface area contributed by atoms with E-state index in [4.69, 9.17) is 28.9 Å². The zero-order valence-corrected chi connectivity index (χ0v) is 34.0. The molecule has 1 amide bonds. The summed E-state index contributed by atoms with van der Waals surface area (Å²) >= 11 is 0. The number of aliphatic hydroxyl groups is 2. The minimum absolute atomic E-state index is 0.0956. The molecule has 1 fully saturated rings.